The smallest absolute Gasteiger partial charge is 0.416 e. The predicted molar refractivity (Wildman–Crippen MR) is 178 cm³/mol. The second kappa shape index (κ2) is 13.9. The average molecular weight is 702 g/mol. The van der Waals surface area contributed by atoms with Crippen LogP contribution in [0.4, 0.5) is 30.4 Å². The standard InChI is InChI=1S/C32H35ClF3N9O4/c1-6-19-14-43(31(49)26-28(47)17(3)38-16-39-26)10-11-44(19)27-22(7-2)45(30-25(29(27)48)41-23(13-37-30)42(4)5)15-24(46)40-21-9-8-18(12-20(21)33)32(34,35)36/h8-9,12-13,16,19,47H,6-7,10-11,14-15H2,1-5H3,(H,40,46). The summed E-state index contributed by atoms with van der Waals surface area (Å²) in [6, 6.07) is 2.30. The Balaban J connectivity index is 1.55. The fraction of sp³-hybridized carbons (Fsp3) is 0.406. The monoisotopic (exact) mass is 701 g/mol. The van der Waals surface area contributed by atoms with E-state index in [9.17, 15) is 32.7 Å². The van der Waals surface area contributed by atoms with Crippen LogP contribution in [0.15, 0.2) is 35.5 Å². The van der Waals surface area contributed by atoms with E-state index in [2.05, 4.69) is 25.3 Å². The zero-order chi connectivity index (χ0) is 35.8. The third-order valence-corrected chi connectivity index (χ3v) is 8.74. The highest BCUT2D eigenvalue weighted by Crippen LogP contribution is 2.34. The van der Waals surface area contributed by atoms with Crippen LogP contribution >= 0.6 is 11.6 Å². The summed E-state index contributed by atoms with van der Waals surface area (Å²) in [5.41, 5.74) is -0.229. The lowest BCUT2D eigenvalue weighted by Gasteiger charge is -2.43. The number of nitrogens with one attached hydrogen (secondary N) is 1. The average Bonchev–Trinajstić information content (AvgIpc) is 3.06. The summed E-state index contributed by atoms with van der Waals surface area (Å²) in [7, 11) is 3.49. The normalized spacial score (nSPS) is 15.1. The van der Waals surface area contributed by atoms with Crippen molar-refractivity contribution in [3.8, 4) is 5.75 Å². The van der Waals surface area contributed by atoms with Gasteiger partial charge in [-0.2, -0.15) is 13.2 Å². The number of amides is 2. The predicted octanol–water partition coefficient (Wildman–Crippen LogP) is 4.28. The van der Waals surface area contributed by atoms with Crippen molar-refractivity contribution < 1.29 is 27.9 Å². The molecular formula is C32H35ClF3N9O4. The molecule has 4 aromatic rings. The van der Waals surface area contributed by atoms with Crippen LogP contribution in [0.25, 0.3) is 11.2 Å². The number of carbonyl (C=O) groups excluding carboxylic acids is 2. The number of pyridine rings is 1. The third kappa shape index (κ3) is 6.95. The van der Waals surface area contributed by atoms with Gasteiger partial charge >= 0.3 is 6.18 Å². The maximum Gasteiger partial charge on any atom is 0.416 e. The maximum absolute atomic E-state index is 14.3. The Hall–Kier alpha value is -4.99. The molecule has 49 heavy (non-hydrogen) atoms. The van der Waals surface area contributed by atoms with Crippen molar-refractivity contribution in [2.24, 2.45) is 0 Å². The number of nitrogens with zero attached hydrogens (tertiary/aromatic N) is 8. The number of alkyl halides is 3. The van der Waals surface area contributed by atoms with Crippen LogP contribution in [0.3, 0.4) is 0 Å². The molecule has 260 valence electrons. The molecule has 1 saturated heterocycles. The number of benzene rings is 1. The highest BCUT2D eigenvalue weighted by atomic mass is 35.5. The van der Waals surface area contributed by atoms with E-state index in [1.54, 1.807) is 35.4 Å². The SMILES string of the molecule is CCc1c(N2CCN(C(=O)c3ncnc(C)c3O)CC2CC)c(=O)c2nc(N(C)C)cnc2n1CC(=O)Nc1ccc(C(F)(F)F)cc1Cl. The Morgan fingerprint density at radius 3 is 2.51 bits per heavy atom. The number of piperazine rings is 1. The first-order valence-corrected chi connectivity index (χ1v) is 15.9. The number of aryl methyl sites for hydroxylation is 1. The molecule has 0 aliphatic carbocycles. The fourth-order valence-electron chi connectivity index (χ4n) is 5.85. The Morgan fingerprint density at radius 2 is 1.88 bits per heavy atom. The number of anilines is 3. The Labute approximate surface area is 284 Å². The lowest BCUT2D eigenvalue weighted by Crippen LogP contribution is -2.56. The number of rotatable bonds is 8. The first-order valence-electron chi connectivity index (χ1n) is 15.5. The van der Waals surface area contributed by atoms with Crippen LogP contribution in [0.2, 0.25) is 5.02 Å². The zero-order valence-corrected chi connectivity index (χ0v) is 28.2. The molecule has 2 N–H and O–H groups in total. The molecule has 2 amide bonds. The molecule has 0 saturated carbocycles. The first-order chi connectivity index (χ1) is 23.2. The minimum Gasteiger partial charge on any atom is -0.504 e. The van der Waals surface area contributed by atoms with Crippen LogP contribution in [0.1, 0.15) is 47.7 Å². The Kier molecular flexibility index (Phi) is 9.99. The zero-order valence-electron chi connectivity index (χ0n) is 27.5. The van der Waals surface area contributed by atoms with Gasteiger partial charge in [-0.3, -0.25) is 14.4 Å². The number of aromatic nitrogens is 5. The lowest BCUT2D eigenvalue weighted by atomic mass is 10.0. The van der Waals surface area contributed by atoms with Gasteiger partial charge in [0.2, 0.25) is 11.3 Å². The molecule has 5 rings (SSSR count). The molecular weight excluding hydrogens is 667 g/mol. The minimum atomic E-state index is -4.61. The van der Waals surface area contributed by atoms with E-state index in [4.69, 9.17) is 11.6 Å². The van der Waals surface area contributed by atoms with Gasteiger partial charge < -0.3 is 29.7 Å². The Bertz CT molecular complexity index is 1990. The number of carbonyl (C=O) groups is 2. The summed E-state index contributed by atoms with van der Waals surface area (Å²) in [5.74, 6) is -0.962. The van der Waals surface area contributed by atoms with Gasteiger partial charge in [-0.15, -0.1) is 0 Å². The summed E-state index contributed by atoms with van der Waals surface area (Å²) in [5, 5.41) is 12.7. The molecule has 1 aliphatic rings. The van der Waals surface area contributed by atoms with Crippen LogP contribution < -0.4 is 20.5 Å². The number of hydrogen-bond acceptors (Lipinski definition) is 10. The van der Waals surface area contributed by atoms with Gasteiger partial charge in [0, 0.05) is 45.5 Å². The molecule has 0 radical (unpaired) electrons. The largest absolute Gasteiger partial charge is 0.504 e. The van der Waals surface area contributed by atoms with Gasteiger partial charge in [-0.1, -0.05) is 25.4 Å². The molecule has 0 spiro atoms. The highest BCUT2D eigenvalue weighted by Gasteiger charge is 2.35. The van der Waals surface area contributed by atoms with Gasteiger partial charge in [-0.25, -0.2) is 19.9 Å². The van der Waals surface area contributed by atoms with Crippen molar-refractivity contribution in [3.05, 3.63) is 68.6 Å². The molecule has 1 aromatic carbocycles. The molecule has 3 aromatic heterocycles. The van der Waals surface area contributed by atoms with Crippen molar-refractivity contribution >= 4 is 51.8 Å². The molecule has 17 heteroatoms. The third-order valence-electron chi connectivity index (χ3n) is 8.43. The molecule has 1 atom stereocenters. The highest BCUT2D eigenvalue weighted by molar-refractivity contribution is 6.33. The maximum atomic E-state index is 14.3. The topological polar surface area (TPSA) is 150 Å². The summed E-state index contributed by atoms with van der Waals surface area (Å²) < 4.78 is 41.1. The summed E-state index contributed by atoms with van der Waals surface area (Å²) >= 11 is 6.11. The van der Waals surface area contributed by atoms with E-state index in [0.717, 1.165) is 18.2 Å². The first kappa shape index (κ1) is 35.3. The molecule has 4 heterocycles. The van der Waals surface area contributed by atoms with Crippen molar-refractivity contribution in [1.82, 2.24) is 29.4 Å². The van der Waals surface area contributed by atoms with E-state index in [1.807, 2.05) is 18.7 Å². The van der Waals surface area contributed by atoms with E-state index < -0.39 is 29.0 Å². The number of hydrogen-bond donors (Lipinski definition) is 2. The van der Waals surface area contributed by atoms with Gasteiger partial charge in [0.15, 0.2) is 22.6 Å². The summed E-state index contributed by atoms with van der Waals surface area (Å²) in [6.07, 6.45) is -1.08. The fourth-order valence-corrected chi connectivity index (χ4v) is 6.07. The minimum absolute atomic E-state index is 0.0129. The quantitative estimate of drug-likeness (QED) is 0.273. The molecule has 1 fully saturated rings. The number of aromatic hydroxyl groups is 1. The Morgan fingerprint density at radius 1 is 1.14 bits per heavy atom. The van der Waals surface area contributed by atoms with Crippen molar-refractivity contribution in [2.75, 3.05) is 48.8 Å². The number of halogens is 4. The second-order valence-corrected chi connectivity index (χ2v) is 12.2. The molecule has 0 bridgehead atoms. The van der Waals surface area contributed by atoms with Gasteiger partial charge in [0.1, 0.15) is 24.4 Å². The van der Waals surface area contributed by atoms with E-state index >= 15 is 0 Å². The summed E-state index contributed by atoms with van der Waals surface area (Å²) in [6.45, 7) is 5.63. The van der Waals surface area contributed by atoms with Gasteiger partial charge in [0.05, 0.1) is 28.2 Å². The molecule has 1 unspecified atom stereocenters. The lowest BCUT2D eigenvalue weighted by molar-refractivity contribution is -0.137. The van der Waals surface area contributed by atoms with Crippen LogP contribution in [0.5, 0.6) is 5.75 Å². The van der Waals surface area contributed by atoms with Gasteiger partial charge in [0.25, 0.3) is 5.91 Å². The van der Waals surface area contributed by atoms with E-state index in [1.165, 1.54) is 12.5 Å². The summed E-state index contributed by atoms with van der Waals surface area (Å²) in [4.78, 5) is 63.4. The number of fused-ring (bicyclic) bond motifs is 1. The second-order valence-electron chi connectivity index (χ2n) is 11.8. The van der Waals surface area contributed by atoms with Crippen LogP contribution in [0, 0.1) is 6.92 Å². The van der Waals surface area contributed by atoms with E-state index in [-0.39, 0.29) is 71.2 Å². The van der Waals surface area contributed by atoms with Crippen molar-refractivity contribution in [1.29, 1.82) is 0 Å². The van der Waals surface area contributed by atoms with Crippen molar-refractivity contribution in [3.63, 3.8) is 0 Å². The van der Waals surface area contributed by atoms with Crippen LogP contribution in [-0.4, -0.2) is 86.1 Å². The molecule has 13 nitrogen and oxygen atoms in total. The van der Waals surface area contributed by atoms with Gasteiger partial charge in [-0.05, 0) is 38.0 Å². The van der Waals surface area contributed by atoms with Crippen LogP contribution in [-0.2, 0) is 23.9 Å². The molecule has 1 aliphatic heterocycles. The van der Waals surface area contributed by atoms with E-state index in [0.29, 0.717) is 30.0 Å². The van der Waals surface area contributed by atoms with Crippen molar-refractivity contribution in [2.45, 2.75) is 52.4 Å².